The van der Waals surface area contributed by atoms with Crippen LogP contribution in [0.1, 0.15) is 15.9 Å². The van der Waals surface area contributed by atoms with E-state index in [2.05, 4.69) is 45.8 Å². The number of methoxy groups -OCH3 is 1. The second-order valence-electron chi connectivity index (χ2n) is 8.24. The van der Waals surface area contributed by atoms with Gasteiger partial charge in [-0.15, -0.1) is 0 Å². The molecule has 0 aliphatic rings. The van der Waals surface area contributed by atoms with E-state index in [1.54, 1.807) is 12.1 Å². The quantitative estimate of drug-likeness (QED) is 0.184. The molecule has 0 saturated carbocycles. The van der Waals surface area contributed by atoms with Crippen molar-refractivity contribution in [3.05, 3.63) is 120 Å². The summed E-state index contributed by atoms with van der Waals surface area (Å²) in [5, 5.41) is 0.0967. The molecule has 0 unspecified atom stereocenters. The molecule has 0 spiro atoms. The van der Waals surface area contributed by atoms with Gasteiger partial charge in [-0.3, -0.25) is 0 Å². The molecule has 4 aromatic rings. The summed E-state index contributed by atoms with van der Waals surface area (Å²) >= 11 is 4.43. The molecular weight excluding hydrogens is 526 g/mol. The SMILES string of the molecule is COC(=O)c1ccc(CP(Br)(c2ccccc2)(c2ccccc2)c2cccc(OCCF)c2)cc1. The van der Waals surface area contributed by atoms with Gasteiger partial charge in [0.25, 0.3) is 0 Å². The number of carbonyl (C=O) groups excluding carboxylic acids is 1. The summed E-state index contributed by atoms with van der Waals surface area (Å²) in [6, 6.07) is 36.3. The van der Waals surface area contributed by atoms with Crippen molar-refractivity contribution in [1.82, 2.24) is 0 Å². The standard InChI is InChI=1S/C29H27BrFO3P/c1-33-29(32)24-17-15-23(16-18-24)22-35(30,26-10-4-2-5-11-26,27-12-6-3-7-13-27)28-14-8-9-25(21-28)34-20-19-31/h2-18,21H,19-20,22H2,1H3. The first-order valence-corrected chi connectivity index (χ1v) is 15.7. The zero-order valence-corrected chi connectivity index (χ0v) is 21.9. The van der Waals surface area contributed by atoms with Crippen LogP contribution in [-0.2, 0) is 10.9 Å². The van der Waals surface area contributed by atoms with Crippen molar-refractivity contribution in [2.45, 2.75) is 6.16 Å². The minimum atomic E-state index is -3.29. The third-order valence-corrected chi connectivity index (χ3v) is 15.6. The van der Waals surface area contributed by atoms with E-state index >= 15 is 0 Å². The van der Waals surface area contributed by atoms with E-state index in [0.29, 0.717) is 17.5 Å². The van der Waals surface area contributed by atoms with Gasteiger partial charge < -0.3 is 0 Å². The molecule has 0 heterocycles. The number of rotatable bonds is 9. The van der Waals surface area contributed by atoms with Crippen LogP contribution in [-0.4, -0.2) is 26.4 Å². The summed E-state index contributed by atoms with van der Waals surface area (Å²) in [6.45, 7) is -0.542. The van der Waals surface area contributed by atoms with E-state index in [0.717, 1.165) is 21.5 Å². The monoisotopic (exact) mass is 552 g/mol. The van der Waals surface area contributed by atoms with E-state index in [4.69, 9.17) is 9.47 Å². The number of carbonyl (C=O) groups is 1. The summed E-state index contributed by atoms with van der Waals surface area (Å²) in [4.78, 5) is 12.0. The van der Waals surface area contributed by atoms with Gasteiger partial charge in [0, 0.05) is 0 Å². The van der Waals surface area contributed by atoms with E-state index in [1.807, 2.05) is 66.7 Å². The number of hydrogen-bond donors (Lipinski definition) is 0. The fourth-order valence-electron chi connectivity index (χ4n) is 4.43. The van der Waals surface area contributed by atoms with Crippen molar-refractivity contribution in [1.29, 1.82) is 0 Å². The number of benzene rings is 4. The Morgan fingerprint density at radius 2 is 1.37 bits per heavy atom. The molecule has 6 heteroatoms. The molecule has 4 rings (SSSR count). The Kier molecular flexibility index (Phi) is 7.69. The Balaban J connectivity index is 1.98. The topological polar surface area (TPSA) is 35.5 Å². The number of alkyl halides is 1. The van der Waals surface area contributed by atoms with Crippen molar-refractivity contribution >= 4 is 42.7 Å². The molecule has 180 valence electrons. The van der Waals surface area contributed by atoms with E-state index in [1.165, 1.54) is 7.11 Å². The van der Waals surface area contributed by atoms with Gasteiger partial charge in [0.15, 0.2) is 0 Å². The van der Waals surface area contributed by atoms with E-state index in [9.17, 15) is 9.18 Å². The second-order valence-corrected chi connectivity index (χ2v) is 17.2. The molecule has 0 atom stereocenters. The van der Waals surface area contributed by atoms with Crippen LogP contribution in [0.3, 0.4) is 0 Å². The summed E-state index contributed by atoms with van der Waals surface area (Å²) in [5.74, 6) is 0.262. The zero-order chi connectivity index (χ0) is 24.8. The first kappa shape index (κ1) is 25.1. The van der Waals surface area contributed by atoms with Crippen molar-refractivity contribution in [2.75, 3.05) is 20.4 Å². The second kappa shape index (κ2) is 10.7. The van der Waals surface area contributed by atoms with Crippen LogP contribution in [0.2, 0.25) is 0 Å². The minimum absolute atomic E-state index is 0.00730. The summed E-state index contributed by atoms with van der Waals surface area (Å²) in [6.07, 6.45) is 0.660. The fourth-order valence-corrected chi connectivity index (χ4v) is 12.1. The Morgan fingerprint density at radius 1 is 0.800 bits per heavy atom. The van der Waals surface area contributed by atoms with Crippen LogP contribution in [0.4, 0.5) is 4.39 Å². The molecule has 0 aliphatic heterocycles. The first-order chi connectivity index (χ1) is 17.0. The third-order valence-electron chi connectivity index (χ3n) is 6.15. The van der Waals surface area contributed by atoms with E-state index < -0.39 is 12.0 Å². The van der Waals surface area contributed by atoms with Gasteiger partial charge >= 0.3 is 214 Å². The van der Waals surface area contributed by atoms with Crippen LogP contribution >= 0.6 is 20.8 Å². The van der Waals surface area contributed by atoms with Crippen LogP contribution in [0.5, 0.6) is 5.75 Å². The fraction of sp³-hybridized carbons (Fsp3) is 0.138. The molecule has 4 aromatic carbocycles. The average Bonchev–Trinajstić information content (AvgIpc) is 2.93. The molecule has 0 aromatic heterocycles. The number of ether oxygens (including phenoxy) is 2. The zero-order valence-electron chi connectivity index (χ0n) is 19.4. The van der Waals surface area contributed by atoms with E-state index in [-0.39, 0.29) is 12.6 Å². The predicted octanol–water partition coefficient (Wildman–Crippen LogP) is 6.16. The molecule has 35 heavy (non-hydrogen) atoms. The Morgan fingerprint density at radius 3 is 1.91 bits per heavy atom. The molecule has 0 bridgehead atoms. The molecule has 0 fully saturated rings. The summed E-state index contributed by atoms with van der Waals surface area (Å²) < 4.78 is 23.4. The molecule has 0 amide bonds. The van der Waals surface area contributed by atoms with Gasteiger partial charge in [0.05, 0.1) is 0 Å². The Bertz CT molecular complexity index is 1240. The van der Waals surface area contributed by atoms with Crippen molar-refractivity contribution < 1.29 is 18.7 Å². The predicted molar refractivity (Wildman–Crippen MR) is 147 cm³/mol. The molecular formula is C29H27BrFO3P. The van der Waals surface area contributed by atoms with Crippen molar-refractivity contribution in [3.8, 4) is 5.75 Å². The maximum absolute atomic E-state index is 12.9. The van der Waals surface area contributed by atoms with Crippen molar-refractivity contribution in [2.24, 2.45) is 0 Å². The first-order valence-electron chi connectivity index (χ1n) is 11.3. The molecule has 0 aliphatic carbocycles. The van der Waals surface area contributed by atoms with Gasteiger partial charge in [-0.2, -0.15) is 0 Å². The number of halogens is 2. The normalized spacial score (nSPS) is 12.4. The Hall–Kier alpha value is -3.01. The van der Waals surface area contributed by atoms with Gasteiger partial charge in [-0.25, -0.2) is 0 Å². The average molecular weight is 553 g/mol. The molecule has 0 N–H and O–H groups in total. The van der Waals surface area contributed by atoms with Crippen molar-refractivity contribution in [3.63, 3.8) is 0 Å². The van der Waals surface area contributed by atoms with Gasteiger partial charge in [0.2, 0.25) is 0 Å². The van der Waals surface area contributed by atoms with Gasteiger partial charge in [0.1, 0.15) is 0 Å². The number of esters is 1. The van der Waals surface area contributed by atoms with Gasteiger partial charge in [-0.1, -0.05) is 0 Å². The van der Waals surface area contributed by atoms with Crippen LogP contribution in [0.15, 0.2) is 109 Å². The summed E-state index contributed by atoms with van der Waals surface area (Å²) in [7, 11) is 1.38. The molecule has 0 radical (unpaired) electrons. The third kappa shape index (κ3) is 4.89. The van der Waals surface area contributed by atoms with Gasteiger partial charge in [-0.05, 0) is 0 Å². The van der Waals surface area contributed by atoms with Crippen LogP contribution < -0.4 is 20.7 Å². The van der Waals surface area contributed by atoms with Crippen LogP contribution in [0, 0.1) is 0 Å². The molecule has 3 nitrogen and oxygen atoms in total. The van der Waals surface area contributed by atoms with Crippen LogP contribution in [0.25, 0.3) is 0 Å². The maximum atomic E-state index is 12.9. The molecule has 0 saturated heterocycles. The Labute approximate surface area is 213 Å². The summed E-state index contributed by atoms with van der Waals surface area (Å²) in [5.41, 5.74) is 1.57. The number of hydrogen-bond acceptors (Lipinski definition) is 3.